The van der Waals surface area contributed by atoms with Crippen molar-refractivity contribution in [2.45, 2.75) is 37.7 Å². The first-order valence-electron chi connectivity index (χ1n) is 11.0. The molecule has 1 aliphatic heterocycles. The van der Waals surface area contributed by atoms with Gasteiger partial charge in [-0.2, -0.15) is 0 Å². The molecule has 0 radical (unpaired) electrons. The van der Waals surface area contributed by atoms with E-state index >= 15 is 0 Å². The van der Waals surface area contributed by atoms with E-state index in [4.69, 9.17) is 4.74 Å². The smallest absolute Gasteiger partial charge is 0.307 e. The Kier molecular flexibility index (Phi) is 7.61. The lowest BCUT2D eigenvalue weighted by molar-refractivity contribution is -0.160. The van der Waals surface area contributed by atoms with Gasteiger partial charge in [0.05, 0.1) is 22.3 Å². The molecule has 2 heterocycles. The van der Waals surface area contributed by atoms with Crippen LogP contribution in [0.5, 0.6) is 0 Å². The number of aryl methyl sites for hydroxylation is 2. The molecular formula is C22H31N5O6S. The second-order valence-corrected chi connectivity index (χ2v) is 10.6. The van der Waals surface area contributed by atoms with Crippen LogP contribution in [0.25, 0.3) is 11.0 Å². The average Bonchev–Trinajstić information content (AvgIpc) is 3.11. The molecule has 0 spiro atoms. The molecule has 12 heteroatoms. The number of carbonyl (C=O) groups excluding carboxylic acids is 3. The molecule has 186 valence electrons. The van der Waals surface area contributed by atoms with Crippen molar-refractivity contribution in [3.8, 4) is 0 Å². The highest BCUT2D eigenvalue weighted by Gasteiger charge is 2.28. The molecule has 1 unspecified atom stereocenters. The van der Waals surface area contributed by atoms with Crippen molar-refractivity contribution in [1.82, 2.24) is 23.7 Å². The molecule has 1 atom stereocenters. The second kappa shape index (κ2) is 10.1. The zero-order chi connectivity index (χ0) is 25.2. The summed E-state index contributed by atoms with van der Waals surface area (Å²) in [5, 5.41) is 0. The number of sulfonamides is 1. The van der Waals surface area contributed by atoms with Gasteiger partial charge in [0, 0.05) is 60.7 Å². The molecule has 3 rings (SSSR count). The molecule has 2 amide bonds. The lowest BCUT2D eigenvalue weighted by Crippen LogP contribution is -2.52. The summed E-state index contributed by atoms with van der Waals surface area (Å²) < 4.78 is 33.0. The molecule has 1 fully saturated rings. The standard InChI is InChI=1S/C22H31N5O6S/c1-15(22(30)27-12-10-26(11-13-27)16(2)28)33-21(29)9-8-20-23-18-14-17(34(31,32)24(3)4)6-7-19(18)25(20)5/h6-7,14-15H,8-13H2,1-5H3. The summed E-state index contributed by atoms with van der Waals surface area (Å²) in [6, 6.07) is 4.73. The highest BCUT2D eigenvalue weighted by atomic mass is 32.2. The minimum Gasteiger partial charge on any atom is -0.453 e. The number of fused-ring (bicyclic) bond motifs is 1. The zero-order valence-corrected chi connectivity index (χ0v) is 21.0. The molecule has 1 saturated heterocycles. The van der Waals surface area contributed by atoms with Gasteiger partial charge in [-0.15, -0.1) is 0 Å². The number of carbonyl (C=O) groups is 3. The topological polar surface area (TPSA) is 122 Å². The maximum Gasteiger partial charge on any atom is 0.307 e. The fourth-order valence-electron chi connectivity index (χ4n) is 3.84. The number of imidazole rings is 1. The van der Waals surface area contributed by atoms with Crippen molar-refractivity contribution >= 4 is 38.8 Å². The van der Waals surface area contributed by atoms with Gasteiger partial charge in [-0.05, 0) is 25.1 Å². The fraction of sp³-hybridized carbons (Fsp3) is 0.545. The van der Waals surface area contributed by atoms with Gasteiger partial charge in [-0.3, -0.25) is 14.4 Å². The summed E-state index contributed by atoms with van der Waals surface area (Å²) >= 11 is 0. The molecule has 2 aromatic rings. The molecule has 34 heavy (non-hydrogen) atoms. The van der Waals surface area contributed by atoms with Crippen molar-refractivity contribution in [2.75, 3.05) is 40.3 Å². The first-order valence-corrected chi connectivity index (χ1v) is 12.5. The van der Waals surface area contributed by atoms with Crippen LogP contribution in [0, 0.1) is 0 Å². The minimum absolute atomic E-state index is 0.0236. The first kappa shape index (κ1) is 25.6. The monoisotopic (exact) mass is 493 g/mol. The minimum atomic E-state index is -3.58. The number of amides is 2. The van der Waals surface area contributed by atoms with Crippen LogP contribution in [0.3, 0.4) is 0 Å². The SMILES string of the molecule is CC(=O)N1CCN(C(=O)C(C)OC(=O)CCc2nc3cc(S(=O)(=O)N(C)C)ccc3n2C)CC1. The van der Waals surface area contributed by atoms with Gasteiger partial charge in [-0.25, -0.2) is 17.7 Å². The Morgan fingerprint density at radius 3 is 2.32 bits per heavy atom. The van der Waals surface area contributed by atoms with Crippen molar-refractivity contribution < 1.29 is 27.5 Å². The number of aromatic nitrogens is 2. The first-order chi connectivity index (χ1) is 15.9. The predicted octanol–water partition coefficient (Wildman–Crippen LogP) is 0.379. The summed E-state index contributed by atoms with van der Waals surface area (Å²) in [5.41, 5.74) is 1.26. The van der Waals surface area contributed by atoms with Crippen molar-refractivity contribution in [3.63, 3.8) is 0 Å². The summed E-state index contributed by atoms with van der Waals surface area (Å²) in [5.74, 6) is -0.227. The van der Waals surface area contributed by atoms with Crippen molar-refractivity contribution in [2.24, 2.45) is 7.05 Å². The molecule has 0 bridgehead atoms. The van der Waals surface area contributed by atoms with E-state index in [0.717, 1.165) is 9.82 Å². The maximum atomic E-state index is 12.6. The van der Waals surface area contributed by atoms with E-state index in [0.29, 0.717) is 37.5 Å². The fourth-order valence-corrected chi connectivity index (χ4v) is 4.77. The third kappa shape index (κ3) is 5.39. The van der Waals surface area contributed by atoms with Gasteiger partial charge in [-0.1, -0.05) is 0 Å². The Morgan fingerprint density at radius 1 is 1.12 bits per heavy atom. The van der Waals surface area contributed by atoms with Crippen LogP contribution in [0.15, 0.2) is 23.1 Å². The Bertz CT molecular complexity index is 1200. The Morgan fingerprint density at radius 2 is 1.74 bits per heavy atom. The van der Waals surface area contributed by atoms with Crippen molar-refractivity contribution in [1.29, 1.82) is 0 Å². The number of nitrogens with zero attached hydrogens (tertiary/aromatic N) is 5. The summed E-state index contributed by atoms with van der Waals surface area (Å²) in [6.45, 7) is 4.78. The second-order valence-electron chi connectivity index (χ2n) is 8.49. The normalized spacial score (nSPS) is 15.6. The molecule has 1 aromatic carbocycles. The molecule has 0 aliphatic carbocycles. The quantitative estimate of drug-likeness (QED) is 0.511. The molecule has 0 N–H and O–H groups in total. The Balaban J connectivity index is 1.59. The van der Waals surface area contributed by atoms with E-state index in [9.17, 15) is 22.8 Å². The van der Waals surface area contributed by atoms with Crippen LogP contribution in [0.2, 0.25) is 0 Å². The van der Waals surface area contributed by atoms with E-state index in [1.165, 1.54) is 33.2 Å². The molecule has 0 saturated carbocycles. The lowest BCUT2D eigenvalue weighted by atomic mass is 10.2. The number of piperazine rings is 1. The number of rotatable bonds is 7. The highest BCUT2D eigenvalue weighted by molar-refractivity contribution is 7.89. The number of ether oxygens (including phenoxy) is 1. The van der Waals surface area contributed by atoms with E-state index < -0.39 is 22.1 Å². The largest absolute Gasteiger partial charge is 0.453 e. The summed E-state index contributed by atoms with van der Waals surface area (Å²) in [6.07, 6.45) is -0.621. The number of benzene rings is 1. The molecule has 1 aromatic heterocycles. The van der Waals surface area contributed by atoms with Gasteiger partial charge in [0.15, 0.2) is 6.10 Å². The third-order valence-corrected chi connectivity index (χ3v) is 7.78. The highest BCUT2D eigenvalue weighted by Crippen LogP contribution is 2.22. The molecule has 1 aliphatic rings. The van der Waals surface area contributed by atoms with Crippen LogP contribution in [-0.4, -0.2) is 96.2 Å². The van der Waals surface area contributed by atoms with E-state index in [1.54, 1.807) is 34.4 Å². The van der Waals surface area contributed by atoms with Gasteiger partial charge < -0.3 is 19.1 Å². The molecule has 11 nitrogen and oxygen atoms in total. The van der Waals surface area contributed by atoms with E-state index in [-0.39, 0.29) is 29.6 Å². The summed E-state index contributed by atoms with van der Waals surface area (Å²) in [4.78, 5) is 44.3. The Hall–Kier alpha value is -2.99. The lowest BCUT2D eigenvalue weighted by Gasteiger charge is -2.35. The predicted molar refractivity (Wildman–Crippen MR) is 124 cm³/mol. The zero-order valence-electron chi connectivity index (χ0n) is 20.1. The van der Waals surface area contributed by atoms with Gasteiger partial charge >= 0.3 is 5.97 Å². The molecular weight excluding hydrogens is 462 g/mol. The van der Waals surface area contributed by atoms with E-state index in [1.807, 2.05) is 0 Å². The number of hydrogen-bond acceptors (Lipinski definition) is 7. The number of hydrogen-bond donors (Lipinski definition) is 0. The Labute approximate surface area is 199 Å². The van der Waals surface area contributed by atoms with E-state index in [2.05, 4.69) is 4.98 Å². The average molecular weight is 494 g/mol. The summed E-state index contributed by atoms with van der Waals surface area (Å²) in [7, 11) is 1.14. The van der Waals surface area contributed by atoms with Crippen LogP contribution in [0.4, 0.5) is 0 Å². The van der Waals surface area contributed by atoms with Gasteiger partial charge in [0.25, 0.3) is 5.91 Å². The van der Waals surface area contributed by atoms with Crippen LogP contribution in [0.1, 0.15) is 26.1 Å². The number of esters is 1. The van der Waals surface area contributed by atoms with Crippen LogP contribution >= 0.6 is 0 Å². The van der Waals surface area contributed by atoms with Crippen LogP contribution < -0.4 is 0 Å². The van der Waals surface area contributed by atoms with Gasteiger partial charge in [0.2, 0.25) is 15.9 Å². The third-order valence-electron chi connectivity index (χ3n) is 5.97. The van der Waals surface area contributed by atoms with Gasteiger partial charge in [0.1, 0.15) is 5.82 Å². The maximum absolute atomic E-state index is 12.6. The van der Waals surface area contributed by atoms with Crippen LogP contribution in [-0.2, 0) is 42.6 Å². The van der Waals surface area contributed by atoms with Crippen molar-refractivity contribution in [3.05, 3.63) is 24.0 Å².